The molecule has 2 saturated carbocycles. The standard InChI is InChI=1S/C16H30N4O/c17-16(20-14-9-5-2-6-10-14)18-12-11-15(21)19-13-7-3-1-4-8-13/h13-14H,1-12H2,(H,19,21)(H3,17,18,20). The molecule has 0 aromatic carbocycles. The first-order valence-corrected chi connectivity index (χ1v) is 8.60. The number of hydrogen-bond acceptors (Lipinski definition) is 2. The van der Waals surface area contributed by atoms with Crippen LogP contribution in [0.5, 0.6) is 0 Å². The monoisotopic (exact) mass is 294 g/mol. The van der Waals surface area contributed by atoms with Crippen molar-refractivity contribution in [3.8, 4) is 0 Å². The lowest BCUT2D eigenvalue weighted by atomic mass is 9.95. The lowest BCUT2D eigenvalue weighted by Crippen LogP contribution is -2.41. The minimum absolute atomic E-state index is 0.108. The Hall–Kier alpha value is -1.26. The second kappa shape index (κ2) is 8.90. The van der Waals surface area contributed by atoms with Crippen molar-refractivity contribution >= 4 is 11.9 Å². The summed E-state index contributed by atoms with van der Waals surface area (Å²) in [4.78, 5) is 16.1. The average molecular weight is 294 g/mol. The summed E-state index contributed by atoms with van der Waals surface area (Å²) in [6.07, 6.45) is 12.7. The first-order chi connectivity index (χ1) is 10.2. The van der Waals surface area contributed by atoms with E-state index in [1.807, 2.05) is 0 Å². The Morgan fingerprint density at radius 1 is 0.905 bits per heavy atom. The van der Waals surface area contributed by atoms with Gasteiger partial charge in [-0.3, -0.25) is 9.79 Å². The van der Waals surface area contributed by atoms with Crippen molar-refractivity contribution < 1.29 is 4.79 Å². The van der Waals surface area contributed by atoms with E-state index in [1.165, 1.54) is 51.4 Å². The van der Waals surface area contributed by atoms with E-state index in [-0.39, 0.29) is 5.91 Å². The van der Waals surface area contributed by atoms with Crippen LogP contribution in [0.25, 0.3) is 0 Å². The predicted molar refractivity (Wildman–Crippen MR) is 86.1 cm³/mol. The van der Waals surface area contributed by atoms with E-state index >= 15 is 0 Å². The molecule has 2 rings (SSSR count). The minimum atomic E-state index is 0.108. The number of nitrogens with zero attached hydrogens (tertiary/aromatic N) is 1. The smallest absolute Gasteiger partial charge is 0.222 e. The van der Waals surface area contributed by atoms with Crippen molar-refractivity contribution in [3.05, 3.63) is 0 Å². The third-order valence-corrected chi connectivity index (χ3v) is 4.55. The molecule has 5 heteroatoms. The lowest BCUT2D eigenvalue weighted by Gasteiger charge is -2.23. The van der Waals surface area contributed by atoms with Gasteiger partial charge in [0.2, 0.25) is 5.91 Å². The van der Waals surface area contributed by atoms with Gasteiger partial charge in [-0.2, -0.15) is 0 Å². The van der Waals surface area contributed by atoms with Crippen molar-refractivity contribution in [2.45, 2.75) is 82.7 Å². The SMILES string of the molecule is NC(=NCCC(=O)NC1CCCCC1)NC1CCCCC1. The molecule has 5 nitrogen and oxygen atoms in total. The van der Waals surface area contributed by atoms with Crippen LogP contribution in [0.2, 0.25) is 0 Å². The molecule has 0 aromatic rings. The highest BCUT2D eigenvalue weighted by atomic mass is 16.1. The molecule has 0 aromatic heterocycles. The van der Waals surface area contributed by atoms with E-state index in [4.69, 9.17) is 5.73 Å². The zero-order valence-electron chi connectivity index (χ0n) is 13.1. The average Bonchev–Trinajstić information content (AvgIpc) is 2.49. The van der Waals surface area contributed by atoms with E-state index in [1.54, 1.807) is 0 Å². The predicted octanol–water partition coefficient (Wildman–Crippen LogP) is 2.06. The summed E-state index contributed by atoms with van der Waals surface area (Å²) in [6.45, 7) is 0.476. The largest absolute Gasteiger partial charge is 0.370 e. The molecule has 0 saturated heterocycles. The second-order valence-corrected chi connectivity index (χ2v) is 6.40. The third kappa shape index (κ3) is 6.36. The van der Waals surface area contributed by atoms with Crippen LogP contribution < -0.4 is 16.4 Å². The van der Waals surface area contributed by atoms with Crippen molar-refractivity contribution in [2.75, 3.05) is 6.54 Å². The van der Waals surface area contributed by atoms with E-state index in [9.17, 15) is 4.79 Å². The number of rotatable bonds is 5. The molecule has 2 aliphatic rings. The molecule has 0 aliphatic heterocycles. The molecule has 0 atom stereocenters. The highest BCUT2D eigenvalue weighted by Crippen LogP contribution is 2.18. The Balaban J connectivity index is 1.60. The van der Waals surface area contributed by atoms with Crippen LogP contribution in [0, 0.1) is 0 Å². The summed E-state index contributed by atoms with van der Waals surface area (Å²) in [7, 11) is 0. The number of amides is 1. The maximum Gasteiger partial charge on any atom is 0.222 e. The van der Waals surface area contributed by atoms with Crippen molar-refractivity contribution in [1.82, 2.24) is 10.6 Å². The van der Waals surface area contributed by atoms with Crippen LogP contribution in [0.4, 0.5) is 0 Å². The summed E-state index contributed by atoms with van der Waals surface area (Å²) >= 11 is 0. The number of nitrogens with two attached hydrogens (primary N) is 1. The lowest BCUT2D eigenvalue weighted by molar-refractivity contribution is -0.121. The number of nitrogens with one attached hydrogen (secondary N) is 2. The molecule has 2 fully saturated rings. The van der Waals surface area contributed by atoms with Gasteiger partial charge in [0.1, 0.15) is 0 Å². The van der Waals surface area contributed by atoms with Crippen LogP contribution in [0.1, 0.15) is 70.6 Å². The molecule has 120 valence electrons. The second-order valence-electron chi connectivity index (χ2n) is 6.40. The number of carbonyl (C=O) groups is 1. The van der Waals surface area contributed by atoms with Gasteiger partial charge >= 0.3 is 0 Å². The fourth-order valence-electron chi connectivity index (χ4n) is 3.33. The van der Waals surface area contributed by atoms with E-state index in [0.29, 0.717) is 31.0 Å². The van der Waals surface area contributed by atoms with Gasteiger partial charge in [-0.25, -0.2) is 0 Å². The maximum atomic E-state index is 11.8. The molecular weight excluding hydrogens is 264 g/mol. The fourth-order valence-corrected chi connectivity index (χ4v) is 3.33. The van der Waals surface area contributed by atoms with Crippen LogP contribution >= 0.6 is 0 Å². The third-order valence-electron chi connectivity index (χ3n) is 4.55. The summed E-state index contributed by atoms with van der Waals surface area (Å²) in [5, 5.41) is 6.37. The van der Waals surface area contributed by atoms with Crippen LogP contribution in [-0.4, -0.2) is 30.5 Å². The van der Waals surface area contributed by atoms with E-state index < -0.39 is 0 Å². The summed E-state index contributed by atoms with van der Waals surface area (Å²) in [5.74, 6) is 0.600. The van der Waals surface area contributed by atoms with Crippen LogP contribution in [0.15, 0.2) is 4.99 Å². The Morgan fingerprint density at radius 3 is 2.00 bits per heavy atom. The fraction of sp³-hybridized carbons (Fsp3) is 0.875. The quantitative estimate of drug-likeness (QED) is 0.536. The molecule has 2 aliphatic carbocycles. The van der Waals surface area contributed by atoms with Crippen LogP contribution in [-0.2, 0) is 4.79 Å². The van der Waals surface area contributed by atoms with E-state index in [2.05, 4.69) is 15.6 Å². The summed E-state index contributed by atoms with van der Waals surface area (Å²) in [6, 6.07) is 0.853. The molecule has 4 N–H and O–H groups in total. The first kappa shape index (κ1) is 16.1. The normalized spacial score (nSPS) is 22.0. The Kier molecular flexibility index (Phi) is 6.83. The topological polar surface area (TPSA) is 79.5 Å². The van der Waals surface area contributed by atoms with Gasteiger partial charge < -0.3 is 16.4 Å². The summed E-state index contributed by atoms with van der Waals surface area (Å²) < 4.78 is 0. The zero-order chi connectivity index (χ0) is 14.9. The van der Waals surface area contributed by atoms with Gasteiger partial charge in [-0.05, 0) is 25.7 Å². The number of carbonyl (C=O) groups excluding carboxylic acids is 1. The van der Waals surface area contributed by atoms with Crippen molar-refractivity contribution in [3.63, 3.8) is 0 Å². The first-order valence-electron chi connectivity index (χ1n) is 8.60. The molecule has 0 heterocycles. The van der Waals surface area contributed by atoms with Gasteiger partial charge in [0.25, 0.3) is 0 Å². The van der Waals surface area contributed by atoms with Gasteiger partial charge in [0.15, 0.2) is 5.96 Å². The molecule has 21 heavy (non-hydrogen) atoms. The van der Waals surface area contributed by atoms with Gasteiger partial charge in [0.05, 0.1) is 6.54 Å². The molecule has 0 spiro atoms. The molecule has 0 radical (unpaired) electrons. The minimum Gasteiger partial charge on any atom is -0.370 e. The van der Waals surface area contributed by atoms with E-state index in [0.717, 1.165) is 12.8 Å². The van der Waals surface area contributed by atoms with Gasteiger partial charge in [0, 0.05) is 18.5 Å². The van der Waals surface area contributed by atoms with Crippen molar-refractivity contribution in [1.29, 1.82) is 0 Å². The van der Waals surface area contributed by atoms with Crippen LogP contribution in [0.3, 0.4) is 0 Å². The summed E-state index contributed by atoms with van der Waals surface area (Å²) in [5.41, 5.74) is 5.88. The molecule has 0 bridgehead atoms. The Morgan fingerprint density at radius 2 is 1.43 bits per heavy atom. The highest BCUT2D eigenvalue weighted by molar-refractivity contribution is 5.79. The molecule has 0 unspecified atom stereocenters. The number of hydrogen-bond donors (Lipinski definition) is 3. The highest BCUT2D eigenvalue weighted by Gasteiger charge is 2.15. The Bertz CT molecular complexity index is 344. The molecule has 1 amide bonds. The molecular formula is C16H30N4O. The zero-order valence-corrected chi connectivity index (χ0v) is 13.1. The number of aliphatic imine (C=N–C) groups is 1. The van der Waals surface area contributed by atoms with Gasteiger partial charge in [-0.15, -0.1) is 0 Å². The Labute approximate surface area is 128 Å². The van der Waals surface area contributed by atoms with Crippen molar-refractivity contribution in [2.24, 2.45) is 10.7 Å². The van der Waals surface area contributed by atoms with Gasteiger partial charge in [-0.1, -0.05) is 38.5 Å². The number of guanidine groups is 1. The maximum absolute atomic E-state index is 11.8.